The summed E-state index contributed by atoms with van der Waals surface area (Å²) in [5.41, 5.74) is 6.85. The molecule has 0 aliphatic rings. The van der Waals surface area contributed by atoms with Crippen molar-refractivity contribution in [3.8, 4) is 0 Å². The number of carbonyl (C=O) groups excluding carboxylic acids is 1. The van der Waals surface area contributed by atoms with Crippen molar-refractivity contribution < 1.29 is 14.7 Å². The summed E-state index contributed by atoms with van der Waals surface area (Å²) in [5, 5.41) is 11.6. The Morgan fingerprint density at radius 3 is 2.42 bits per heavy atom. The average molecular weight is 264 g/mol. The van der Waals surface area contributed by atoms with Crippen LogP contribution in [0, 0.1) is 0 Å². The predicted molar refractivity (Wildman–Crippen MR) is 72.7 cm³/mol. The summed E-state index contributed by atoms with van der Waals surface area (Å²) in [5.74, 6) is -1.37. The quantitative estimate of drug-likeness (QED) is 0.696. The van der Waals surface area contributed by atoms with Gasteiger partial charge in [-0.15, -0.1) is 0 Å². The SMILES string of the molecule is CCCCC(NC(=O)c1ccc(CN)cc1)C(=O)O. The van der Waals surface area contributed by atoms with E-state index in [1.54, 1.807) is 24.3 Å². The molecule has 0 saturated carbocycles. The smallest absolute Gasteiger partial charge is 0.326 e. The molecule has 0 aliphatic carbocycles. The fourth-order valence-electron chi connectivity index (χ4n) is 1.70. The summed E-state index contributed by atoms with van der Waals surface area (Å²) in [7, 11) is 0. The molecular weight excluding hydrogens is 244 g/mol. The second-order valence-electron chi connectivity index (χ2n) is 4.41. The van der Waals surface area contributed by atoms with Crippen molar-refractivity contribution in [2.24, 2.45) is 5.73 Å². The highest BCUT2D eigenvalue weighted by molar-refractivity contribution is 5.96. The van der Waals surface area contributed by atoms with Crippen LogP contribution in [-0.4, -0.2) is 23.0 Å². The van der Waals surface area contributed by atoms with Gasteiger partial charge >= 0.3 is 5.97 Å². The minimum Gasteiger partial charge on any atom is -0.480 e. The molecule has 1 rings (SSSR count). The summed E-state index contributed by atoms with van der Waals surface area (Å²) in [6, 6.07) is 5.99. The number of carboxylic acid groups (broad SMARTS) is 1. The lowest BCUT2D eigenvalue weighted by Crippen LogP contribution is -2.40. The van der Waals surface area contributed by atoms with Crippen molar-refractivity contribution in [3.63, 3.8) is 0 Å². The van der Waals surface area contributed by atoms with Crippen molar-refractivity contribution in [1.82, 2.24) is 5.32 Å². The first-order chi connectivity index (χ1) is 9.08. The molecule has 1 amide bonds. The lowest BCUT2D eigenvalue weighted by molar-refractivity contribution is -0.139. The van der Waals surface area contributed by atoms with E-state index >= 15 is 0 Å². The molecule has 4 N–H and O–H groups in total. The number of unbranched alkanes of at least 4 members (excludes halogenated alkanes) is 1. The molecule has 0 fully saturated rings. The van der Waals surface area contributed by atoms with Gasteiger partial charge in [-0.2, -0.15) is 0 Å². The van der Waals surface area contributed by atoms with Gasteiger partial charge in [-0.3, -0.25) is 4.79 Å². The van der Waals surface area contributed by atoms with Crippen molar-refractivity contribution in [3.05, 3.63) is 35.4 Å². The number of carboxylic acids is 1. The fourth-order valence-corrected chi connectivity index (χ4v) is 1.70. The number of benzene rings is 1. The minimum absolute atomic E-state index is 0.368. The van der Waals surface area contributed by atoms with E-state index in [0.29, 0.717) is 18.5 Å². The molecule has 0 saturated heterocycles. The zero-order chi connectivity index (χ0) is 14.3. The second kappa shape index (κ2) is 7.53. The van der Waals surface area contributed by atoms with Crippen LogP contribution in [0.4, 0.5) is 0 Å². The average Bonchev–Trinajstić information content (AvgIpc) is 2.43. The van der Waals surface area contributed by atoms with Gasteiger partial charge in [0.05, 0.1) is 0 Å². The maximum absolute atomic E-state index is 11.9. The van der Waals surface area contributed by atoms with Crippen molar-refractivity contribution in [1.29, 1.82) is 0 Å². The monoisotopic (exact) mass is 264 g/mol. The number of amides is 1. The Hall–Kier alpha value is -1.88. The van der Waals surface area contributed by atoms with Gasteiger partial charge in [-0.25, -0.2) is 4.79 Å². The number of nitrogens with one attached hydrogen (secondary N) is 1. The van der Waals surface area contributed by atoms with Crippen molar-refractivity contribution in [2.75, 3.05) is 0 Å². The van der Waals surface area contributed by atoms with Crippen LogP contribution in [0.5, 0.6) is 0 Å². The number of carbonyl (C=O) groups is 2. The van der Waals surface area contributed by atoms with Gasteiger partial charge in [0, 0.05) is 12.1 Å². The molecule has 0 spiro atoms. The van der Waals surface area contributed by atoms with Crippen LogP contribution < -0.4 is 11.1 Å². The van der Waals surface area contributed by atoms with Crippen LogP contribution in [-0.2, 0) is 11.3 Å². The summed E-state index contributed by atoms with van der Waals surface area (Å²) in [6.07, 6.45) is 2.10. The Kier molecular flexibility index (Phi) is 6.02. The number of aliphatic carboxylic acids is 1. The largest absolute Gasteiger partial charge is 0.480 e. The number of hydrogen-bond acceptors (Lipinski definition) is 3. The minimum atomic E-state index is -1.000. The maximum atomic E-state index is 11.9. The molecular formula is C14H20N2O3. The second-order valence-corrected chi connectivity index (χ2v) is 4.41. The third-order valence-corrected chi connectivity index (χ3v) is 2.90. The van der Waals surface area contributed by atoms with Crippen molar-refractivity contribution >= 4 is 11.9 Å². The maximum Gasteiger partial charge on any atom is 0.326 e. The zero-order valence-electron chi connectivity index (χ0n) is 11.1. The number of rotatable bonds is 7. The lowest BCUT2D eigenvalue weighted by atomic mass is 10.1. The van der Waals surface area contributed by atoms with Gasteiger partial charge in [0.2, 0.25) is 0 Å². The van der Waals surface area contributed by atoms with Gasteiger partial charge in [0.15, 0.2) is 0 Å². The molecule has 1 unspecified atom stereocenters. The zero-order valence-corrected chi connectivity index (χ0v) is 11.1. The highest BCUT2D eigenvalue weighted by Crippen LogP contribution is 2.06. The summed E-state index contributed by atoms with van der Waals surface area (Å²) < 4.78 is 0. The van der Waals surface area contributed by atoms with Crippen LogP contribution in [0.2, 0.25) is 0 Å². The molecule has 0 heterocycles. The van der Waals surface area contributed by atoms with Crippen LogP contribution in [0.1, 0.15) is 42.1 Å². The van der Waals surface area contributed by atoms with Crippen LogP contribution >= 0.6 is 0 Å². The van der Waals surface area contributed by atoms with E-state index in [0.717, 1.165) is 18.4 Å². The normalized spacial score (nSPS) is 11.9. The van der Waals surface area contributed by atoms with Crippen molar-refractivity contribution in [2.45, 2.75) is 38.8 Å². The van der Waals surface area contributed by atoms with E-state index in [4.69, 9.17) is 10.8 Å². The fraction of sp³-hybridized carbons (Fsp3) is 0.429. The van der Waals surface area contributed by atoms with Gasteiger partial charge in [0.25, 0.3) is 5.91 Å². The van der Waals surface area contributed by atoms with Gasteiger partial charge in [-0.1, -0.05) is 31.9 Å². The molecule has 104 valence electrons. The summed E-state index contributed by atoms with van der Waals surface area (Å²) in [6.45, 7) is 2.39. The summed E-state index contributed by atoms with van der Waals surface area (Å²) in [4.78, 5) is 23.0. The first-order valence-corrected chi connectivity index (χ1v) is 6.41. The standard InChI is InChI=1S/C14H20N2O3/c1-2-3-4-12(14(18)19)16-13(17)11-7-5-10(9-15)6-8-11/h5-8,12H,2-4,9,15H2,1H3,(H,16,17)(H,18,19). The number of nitrogens with two attached hydrogens (primary N) is 1. The van der Waals surface area contributed by atoms with E-state index in [9.17, 15) is 9.59 Å². The molecule has 0 bridgehead atoms. The Morgan fingerprint density at radius 2 is 1.95 bits per heavy atom. The Morgan fingerprint density at radius 1 is 1.32 bits per heavy atom. The Labute approximate surface area is 112 Å². The molecule has 1 aromatic rings. The highest BCUT2D eigenvalue weighted by Gasteiger charge is 2.19. The predicted octanol–water partition coefficient (Wildman–Crippen LogP) is 1.52. The molecule has 19 heavy (non-hydrogen) atoms. The Bertz CT molecular complexity index is 429. The molecule has 5 heteroatoms. The van der Waals surface area contributed by atoms with E-state index in [1.165, 1.54) is 0 Å². The van der Waals surface area contributed by atoms with Gasteiger partial charge < -0.3 is 16.2 Å². The van der Waals surface area contributed by atoms with Gasteiger partial charge in [-0.05, 0) is 24.1 Å². The van der Waals surface area contributed by atoms with Crippen LogP contribution in [0.25, 0.3) is 0 Å². The number of hydrogen-bond donors (Lipinski definition) is 3. The molecule has 1 aromatic carbocycles. The third-order valence-electron chi connectivity index (χ3n) is 2.90. The van der Waals surface area contributed by atoms with E-state index in [-0.39, 0.29) is 5.91 Å². The van der Waals surface area contributed by atoms with Gasteiger partial charge in [0.1, 0.15) is 6.04 Å². The van der Waals surface area contributed by atoms with E-state index < -0.39 is 12.0 Å². The molecule has 1 atom stereocenters. The van der Waals surface area contributed by atoms with E-state index in [1.807, 2.05) is 6.92 Å². The topological polar surface area (TPSA) is 92.4 Å². The molecule has 0 radical (unpaired) electrons. The van der Waals surface area contributed by atoms with E-state index in [2.05, 4.69) is 5.32 Å². The first-order valence-electron chi connectivity index (χ1n) is 6.41. The third kappa shape index (κ3) is 4.71. The molecule has 0 aromatic heterocycles. The Balaban J connectivity index is 2.67. The molecule has 5 nitrogen and oxygen atoms in total. The first kappa shape index (κ1) is 15.2. The molecule has 0 aliphatic heterocycles. The van der Waals surface area contributed by atoms with Crippen LogP contribution in [0.15, 0.2) is 24.3 Å². The lowest BCUT2D eigenvalue weighted by Gasteiger charge is -2.14. The highest BCUT2D eigenvalue weighted by atomic mass is 16.4. The summed E-state index contributed by atoms with van der Waals surface area (Å²) >= 11 is 0. The van der Waals surface area contributed by atoms with Crippen LogP contribution in [0.3, 0.4) is 0 Å².